The summed E-state index contributed by atoms with van der Waals surface area (Å²) in [5, 5.41) is -0.169. The molecule has 0 atom stereocenters. The molecule has 5 rings (SSSR count). The van der Waals surface area contributed by atoms with Crippen LogP contribution in [0.2, 0.25) is 0 Å². The highest BCUT2D eigenvalue weighted by Crippen LogP contribution is 2.39. The number of alkyl halides is 3. The molecule has 0 aliphatic heterocycles. The Labute approximate surface area is 222 Å². The summed E-state index contributed by atoms with van der Waals surface area (Å²) in [5.74, 6) is -3.38. The van der Waals surface area contributed by atoms with Crippen LogP contribution in [0.3, 0.4) is 0 Å². The van der Waals surface area contributed by atoms with Gasteiger partial charge in [0.25, 0.3) is 5.76 Å². The molecule has 9 heteroatoms. The fraction of sp³-hybridized carbons (Fsp3) is 0.0345. The van der Waals surface area contributed by atoms with Crippen LogP contribution in [-0.2, 0) is 6.18 Å². The maximum absolute atomic E-state index is 13.9. The van der Waals surface area contributed by atoms with Gasteiger partial charge in [-0.25, -0.2) is 4.79 Å². The van der Waals surface area contributed by atoms with Crippen molar-refractivity contribution in [1.82, 2.24) is 0 Å². The molecule has 0 aliphatic carbocycles. The van der Waals surface area contributed by atoms with Crippen LogP contribution in [0.4, 0.5) is 13.2 Å². The lowest BCUT2D eigenvalue weighted by molar-refractivity contribution is -0.154. The molecule has 0 unspecified atom stereocenters. The van der Waals surface area contributed by atoms with E-state index in [0.717, 1.165) is 21.7 Å². The summed E-state index contributed by atoms with van der Waals surface area (Å²) in [5.41, 5.74) is 0.543. The zero-order valence-electron chi connectivity index (χ0n) is 19.3. The topological polar surface area (TPSA) is 65.7 Å². The number of benzene rings is 4. The number of ether oxygens (including phenoxy) is 2. The summed E-state index contributed by atoms with van der Waals surface area (Å²) in [6, 6.07) is 25.5. The van der Waals surface area contributed by atoms with E-state index < -0.39 is 34.7 Å². The zero-order valence-corrected chi connectivity index (χ0v) is 20.9. The third kappa shape index (κ3) is 5.33. The summed E-state index contributed by atoms with van der Waals surface area (Å²) in [7, 11) is 0. The molecule has 0 fully saturated rings. The second-order valence-corrected chi connectivity index (χ2v) is 9.05. The van der Waals surface area contributed by atoms with E-state index in [1.165, 1.54) is 36.4 Å². The summed E-state index contributed by atoms with van der Waals surface area (Å²) in [4.78, 5) is 25.5. The van der Waals surface area contributed by atoms with E-state index >= 15 is 0 Å². The Balaban J connectivity index is 1.48. The third-order valence-electron chi connectivity index (χ3n) is 5.55. The van der Waals surface area contributed by atoms with E-state index in [9.17, 15) is 22.8 Å². The first-order valence-electron chi connectivity index (χ1n) is 11.2. The van der Waals surface area contributed by atoms with Gasteiger partial charge in [0.15, 0.2) is 0 Å². The van der Waals surface area contributed by atoms with Gasteiger partial charge in [-0.05, 0) is 59.7 Å². The zero-order chi connectivity index (χ0) is 26.9. The monoisotopic (exact) mass is 580 g/mol. The molecule has 4 aromatic carbocycles. The largest absolute Gasteiger partial charge is 0.453 e. The number of carbonyl (C=O) groups excluding carboxylic acids is 1. The van der Waals surface area contributed by atoms with E-state index in [-0.39, 0.29) is 22.4 Å². The van der Waals surface area contributed by atoms with Crippen LogP contribution in [-0.4, -0.2) is 5.97 Å². The third-order valence-corrected chi connectivity index (χ3v) is 6.08. The number of carbonyl (C=O) groups is 1. The highest BCUT2D eigenvalue weighted by Gasteiger charge is 2.40. The first-order valence-corrected chi connectivity index (χ1v) is 12.0. The number of rotatable bonds is 5. The molecular formula is C29H16BrF3O5. The van der Waals surface area contributed by atoms with Crippen molar-refractivity contribution in [3.8, 4) is 28.4 Å². The van der Waals surface area contributed by atoms with E-state index in [2.05, 4.69) is 15.9 Å². The van der Waals surface area contributed by atoms with Gasteiger partial charge in [0.05, 0.1) is 10.9 Å². The van der Waals surface area contributed by atoms with Crippen molar-refractivity contribution in [3.05, 3.63) is 123 Å². The van der Waals surface area contributed by atoms with Crippen molar-refractivity contribution in [2.45, 2.75) is 6.18 Å². The first-order chi connectivity index (χ1) is 18.2. The molecule has 0 radical (unpaired) electrons. The Morgan fingerprint density at radius 1 is 0.789 bits per heavy atom. The quantitative estimate of drug-likeness (QED) is 0.155. The highest BCUT2D eigenvalue weighted by molar-refractivity contribution is 9.10. The van der Waals surface area contributed by atoms with Gasteiger partial charge < -0.3 is 13.9 Å². The Bertz CT molecular complexity index is 1680. The molecule has 38 heavy (non-hydrogen) atoms. The second-order valence-electron chi connectivity index (χ2n) is 8.13. The van der Waals surface area contributed by atoms with Crippen molar-refractivity contribution < 1.29 is 31.9 Å². The number of esters is 1. The molecule has 0 bridgehead atoms. The minimum Gasteiger partial charge on any atom is -0.449 e. The maximum Gasteiger partial charge on any atom is 0.453 e. The summed E-state index contributed by atoms with van der Waals surface area (Å²) in [6.45, 7) is 0. The van der Waals surface area contributed by atoms with Crippen molar-refractivity contribution in [1.29, 1.82) is 0 Å². The second kappa shape index (κ2) is 10.2. The number of hydrogen-bond acceptors (Lipinski definition) is 5. The molecule has 1 heterocycles. The van der Waals surface area contributed by atoms with Gasteiger partial charge in [-0.3, -0.25) is 4.79 Å². The molecular weight excluding hydrogens is 565 g/mol. The van der Waals surface area contributed by atoms with Gasteiger partial charge in [-0.1, -0.05) is 58.4 Å². The van der Waals surface area contributed by atoms with Gasteiger partial charge in [-0.15, -0.1) is 0 Å². The lowest BCUT2D eigenvalue weighted by Crippen LogP contribution is -2.15. The van der Waals surface area contributed by atoms with Crippen LogP contribution < -0.4 is 14.9 Å². The molecule has 5 aromatic rings. The minimum absolute atomic E-state index is 0.0295. The molecule has 0 amide bonds. The van der Waals surface area contributed by atoms with Crippen LogP contribution in [0, 0.1) is 0 Å². The Hall–Kier alpha value is -4.37. The fourth-order valence-electron chi connectivity index (χ4n) is 3.72. The van der Waals surface area contributed by atoms with Crippen LogP contribution in [0.25, 0.3) is 22.1 Å². The van der Waals surface area contributed by atoms with E-state index in [0.29, 0.717) is 0 Å². The van der Waals surface area contributed by atoms with Gasteiger partial charge >= 0.3 is 12.1 Å². The standard InChI is InChI=1S/C29H16BrF3O5/c30-20-10-6-19(7-11-20)28(35)37-22-14-15-23-24(16-22)38-27(29(31,32)33)26(25(23)34)36-21-12-8-18(9-13-21)17-4-2-1-3-5-17/h1-16H. The van der Waals surface area contributed by atoms with Gasteiger partial charge in [0.1, 0.15) is 17.1 Å². The number of halogens is 4. The normalized spacial score (nSPS) is 11.4. The maximum atomic E-state index is 13.9. The average molecular weight is 581 g/mol. The highest BCUT2D eigenvalue weighted by atomic mass is 79.9. The summed E-state index contributed by atoms with van der Waals surface area (Å²) < 4.78 is 58.2. The molecule has 0 saturated carbocycles. The van der Waals surface area contributed by atoms with Gasteiger partial charge in [-0.2, -0.15) is 13.2 Å². The SMILES string of the molecule is O=C(Oc1ccc2c(=O)c(Oc3ccc(-c4ccccc4)cc3)c(C(F)(F)F)oc2c1)c1ccc(Br)cc1. The van der Waals surface area contributed by atoms with Gasteiger partial charge in [0.2, 0.25) is 11.2 Å². The van der Waals surface area contributed by atoms with Crippen LogP contribution in [0.5, 0.6) is 17.2 Å². The predicted octanol–water partition coefficient (Wildman–Crippen LogP) is 8.25. The molecule has 0 N–H and O–H groups in total. The van der Waals surface area contributed by atoms with Crippen molar-refractivity contribution >= 4 is 32.9 Å². The first kappa shape index (κ1) is 25.3. The molecule has 190 valence electrons. The fourth-order valence-corrected chi connectivity index (χ4v) is 3.98. The lowest BCUT2D eigenvalue weighted by Gasteiger charge is -2.14. The number of fused-ring (bicyclic) bond motifs is 1. The van der Waals surface area contributed by atoms with Crippen LogP contribution in [0.1, 0.15) is 16.1 Å². The van der Waals surface area contributed by atoms with E-state index in [4.69, 9.17) is 13.9 Å². The van der Waals surface area contributed by atoms with E-state index in [1.807, 2.05) is 30.3 Å². The van der Waals surface area contributed by atoms with Crippen molar-refractivity contribution in [2.24, 2.45) is 0 Å². The van der Waals surface area contributed by atoms with Crippen molar-refractivity contribution in [2.75, 3.05) is 0 Å². The average Bonchev–Trinajstić information content (AvgIpc) is 2.91. The van der Waals surface area contributed by atoms with Crippen LogP contribution in [0.15, 0.2) is 111 Å². The lowest BCUT2D eigenvalue weighted by atomic mass is 10.1. The summed E-state index contributed by atoms with van der Waals surface area (Å²) >= 11 is 3.26. The smallest absolute Gasteiger partial charge is 0.449 e. The van der Waals surface area contributed by atoms with Gasteiger partial charge in [0, 0.05) is 10.5 Å². The molecule has 0 saturated heterocycles. The van der Waals surface area contributed by atoms with Crippen molar-refractivity contribution in [3.63, 3.8) is 0 Å². The number of hydrogen-bond donors (Lipinski definition) is 0. The molecule has 1 aromatic heterocycles. The molecule has 0 aliphatic rings. The Morgan fingerprint density at radius 2 is 1.42 bits per heavy atom. The Kier molecular flexibility index (Phi) is 6.77. The molecule has 0 spiro atoms. The Morgan fingerprint density at radius 3 is 2.08 bits per heavy atom. The molecule has 5 nitrogen and oxygen atoms in total. The minimum atomic E-state index is -5.03. The van der Waals surface area contributed by atoms with E-state index in [1.54, 1.807) is 24.3 Å². The van der Waals surface area contributed by atoms with Crippen LogP contribution >= 0.6 is 15.9 Å². The predicted molar refractivity (Wildman–Crippen MR) is 139 cm³/mol. The summed E-state index contributed by atoms with van der Waals surface area (Å²) in [6.07, 6.45) is -5.03.